The molecule has 0 saturated heterocycles. The van der Waals surface area contributed by atoms with E-state index in [0.717, 1.165) is 18.9 Å². The largest absolute Gasteiger partial charge is 0.504 e. The van der Waals surface area contributed by atoms with E-state index < -0.39 is 23.8 Å². The summed E-state index contributed by atoms with van der Waals surface area (Å²) in [4.78, 5) is 23.2. The summed E-state index contributed by atoms with van der Waals surface area (Å²) in [5.74, 6) is -2.60. The van der Waals surface area contributed by atoms with Crippen molar-refractivity contribution in [1.82, 2.24) is 5.32 Å². The number of aliphatic carboxylic acids is 1. The third-order valence-corrected chi connectivity index (χ3v) is 3.64. The van der Waals surface area contributed by atoms with Gasteiger partial charge in [-0.15, -0.1) is 0 Å². The minimum Gasteiger partial charge on any atom is -0.504 e. The van der Waals surface area contributed by atoms with Crippen molar-refractivity contribution < 1.29 is 24.9 Å². The number of carboxylic acid groups (broad SMARTS) is 1. The zero-order valence-corrected chi connectivity index (χ0v) is 10.9. The molecular formula is C14H17NO5. The highest BCUT2D eigenvalue weighted by Gasteiger charge is 2.32. The number of amides is 1. The van der Waals surface area contributed by atoms with Crippen LogP contribution in [-0.2, 0) is 4.79 Å². The first kappa shape index (κ1) is 14.2. The fourth-order valence-corrected chi connectivity index (χ4v) is 2.52. The van der Waals surface area contributed by atoms with Crippen LogP contribution in [0, 0.1) is 5.92 Å². The van der Waals surface area contributed by atoms with E-state index in [0.29, 0.717) is 12.8 Å². The van der Waals surface area contributed by atoms with Crippen LogP contribution in [0.3, 0.4) is 0 Å². The van der Waals surface area contributed by atoms with E-state index >= 15 is 0 Å². The lowest BCUT2D eigenvalue weighted by Gasteiger charge is -2.29. The predicted octanol–water partition coefficient (Wildman–Crippen LogP) is 1.47. The Kier molecular flexibility index (Phi) is 4.12. The van der Waals surface area contributed by atoms with Gasteiger partial charge in [-0.05, 0) is 31.0 Å². The number of phenols is 2. The van der Waals surface area contributed by atoms with Gasteiger partial charge in [-0.3, -0.25) is 9.59 Å². The minimum atomic E-state index is -0.899. The maximum atomic E-state index is 12.0. The number of nitrogens with one attached hydrogen (secondary N) is 1. The third kappa shape index (κ3) is 3.01. The molecule has 2 atom stereocenters. The van der Waals surface area contributed by atoms with Crippen molar-refractivity contribution in [2.75, 3.05) is 0 Å². The Hall–Kier alpha value is -2.24. The van der Waals surface area contributed by atoms with Crippen molar-refractivity contribution in [3.05, 3.63) is 23.8 Å². The fraction of sp³-hybridized carbons (Fsp3) is 0.429. The molecule has 1 aliphatic carbocycles. The van der Waals surface area contributed by atoms with E-state index in [4.69, 9.17) is 5.11 Å². The van der Waals surface area contributed by atoms with Gasteiger partial charge in [0.05, 0.1) is 5.92 Å². The second kappa shape index (κ2) is 5.81. The smallest absolute Gasteiger partial charge is 0.308 e. The summed E-state index contributed by atoms with van der Waals surface area (Å²) in [6, 6.07) is 3.36. The Bertz CT molecular complexity index is 528. The van der Waals surface area contributed by atoms with Crippen LogP contribution in [0.15, 0.2) is 18.2 Å². The molecule has 0 heterocycles. The van der Waals surface area contributed by atoms with Gasteiger partial charge < -0.3 is 20.6 Å². The van der Waals surface area contributed by atoms with Gasteiger partial charge >= 0.3 is 5.97 Å². The van der Waals surface area contributed by atoms with Gasteiger partial charge in [0.2, 0.25) is 0 Å². The molecule has 2 rings (SSSR count). The Morgan fingerprint density at radius 3 is 2.45 bits per heavy atom. The lowest BCUT2D eigenvalue weighted by Crippen LogP contribution is -2.45. The van der Waals surface area contributed by atoms with Crippen molar-refractivity contribution in [2.45, 2.75) is 31.7 Å². The Labute approximate surface area is 116 Å². The van der Waals surface area contributed by atoms with Gasteiger partial charge in [0, 0.05) is 11.6 Å². The molecule has 0 aromatic heterocycles. The number of hydrogen-bond acceptors (Lipinski definition) is 4. The number of rotatable bonds is 3. The molecule has 1 amide bonds. The minimum absolute atomic E-state index is 0.190. The molecule has 1 saturated carbocycles. The standard InChI is InChI=1S/C14H17NO5/c16-11-6-5-8(7-12(11)17)13(18)15-10-4-2-1-3-9(10)14(19)20/h5-7,9-10,16-17H,1-4H2,(H,15,18)(H,19,20). The zero-order chi connectivity index (χ0) is 14.7. The van der Waals surface area contributed by atoms with Crippen LogP contribution in [0.2, 0.25) is 0 Å². The highest BCUT2D eigenvalue weighted by molar-refractivity contribution is 5.95. The van der Waals surface area contributed by atoms with E-state index in [2.05, 4.69) is 5.32 Å². The molecule has 2 unspecified atom stereocenters. The number of carbonyl (C=O) groups is 2. The van der Waals surface area contributed by atoms with Gasteiger partial charge in [-0.25, -0.2) is 0 Å². The molecule has 1 aromatic rings. The molecule has 4 N–H and O–H groups in total. The second-order valence-electron chi connectivity index (χ2n) is 5.01. The van der Waals surface area contributed by atoms with Gasteiger partial charge in [0.15, 0.2) is 11.5 Å². The normalized spacial score (nSPS) is 22.2. The molecule has 6 heteroatoms. The van der Waals surface area contributed by atoms with Crippen LogP contribution < -0.4 is 5.32 Å². The molecule has 20 heavy (non-hydrogen) atoms. The number of aromatic hydroxyl groups is 2. The summed E-state index contributed by atoms with van der Waals surface area (Å²) < 4.78 is 0. The number of carbonyl (C=O) groups excluding carboxylic acids is 1. The topological polar surface area (TPSA) is 107 Å². The Balaban J connectivity index is 2.09. The first-order valence-corrected chi connectivity index (χ1v) is 6.54. The molecule has 0 aliphatic heterocycles. The first-order chi connectivity index (χ1) is 9.49. The highest BCUT2D eigenvalue weighted by atomic mass is 16.4. The Morgan fingerprint density at radius 2 is 1.80 bits per heavy atom. The molecule has 0 radical (unpaired) electrons. The van der Waals surface area contributed by atoms with Crippen molar-refractivity contribution in [2.24, 2.45) is 5.92 Å². The summed E-state index contributed by atoms with van der Waals surface area (Å²) in [6.07, 6.45) is 2.92. The summed E-state index contributed by atoms with van der Waals surface area (Å²) in [5, 5.41) is 30.4. The maximum absolute atomic E-state index is 12.0. The summed E-state index contributed by atoms with van der Waals surface area (Å²) in [6.45, 7) is 0. The molecule has 1 aliphatic rings. The molecule has 1 fully saturated rings. The second-order valence-corrected chi connectivity index (χ2v) is 5.01. The zero-order valence-electron chi connectivity index (χ0n) is 10.9. The van der Waals surface area contributed by atoms with Crippen LogP contribution in [0.4, 0.5) is 0 Å². The van der Waals surface area contributed by atoms with E-state index in [1.165, 1.54) is 12.1 Å². The number of hydrogen-bond donors (Lipinski definition) is 4. The van der Waals surface area contributed by atoms with Crippen LogP contribution >= 0.6 is 0 Å². The van der Waals surface area contributed by atoms with E-state index in [9.17, 15) is 19.8 Å². The fourth-order valence-electron chi connectivity index (χ4n) is 2.52. The number of phenolic OH excluding ortho intramolecular Hbond substituents is 2. The molecule has 1 aromatic carbocycles. The van der Waals surface area contributed by atoms with Crippen molar-refractivity contribution in [3.8, 4) is 11.5 Å². The summed E-state index contributed by atoms with van der Waals surface area (Å²) in [5.41, 5.74) is 0.190. The van der Waals surface area contributed by atoms with Gasteiger partial charge in [0.25, 0.3) is 5.91 Å². The van der Waals surface area contributed by atoms with Crippen molar-refractivity contribution in [1.29, 1.82) is 0 Å². The van der Waals surface area contributed by atoms with Gasteiger partial charge in [0.1, 0.15) is 0 Å². The summed E-state index contributed by atoms with van der Waals surface area (Å²) in [7, 11) is 0. The van der Waals surface area contributed by atoms with Crippen LogP contribution in [0.1, 0.15) is 36.0 Å². The number of carboxylic acids is 1. The number of benzene rings is 1. The van der Waals surface area contributed by atoms with Crippen molar-refractivity contribution in [3.63, 3.8) is 0 Å². The van der Waals surface area contributed by atoms with Gasteiger partial charge in [-0.1, -0.05) is 12.8 Å². The quantitative estimate of drug-likeness (QED) is 0.627. The molecule has 108 valence electrons. The van der Waals surface area contributed by atoms with E-state index in [1.807, 2.05) is 0 Å². The average molecular weight is 279 g/mol. The lowest BCUT2D eigenvalue weighted by atomic mass is 9.84. The SMILES string of the molecule is O=C(NC1CCCCC1C(=O)O)c1ccc(O)c(O)c1. The van der Waals surface area contributed by atoms with Crippen LogP contribution in [0.5, 0.6) is 11.5 Å². The van der Waals surface area contributed by atoms with E-state index in [-0.39, 0.29) is 17.1 Å². The van der Waals surface area contributed by atoms with Gasteiger partial charge in [-0.2, -0.15) is 0 Å². The molecule has 0 spiro atoms. The monoisotopic (exact) mass is 279 g/mol. The van der Waals surface area contributed by atoms with Crippen molar-refractivity contribution >= 4 is 11.9 Å². The highest BCUT2D eigenvalue weighted by Crippen LogP contribution is 2.27. The summed E-state index contributed by atoms with van der Waals surface area (Å²) >= 11 is 0. The molecule has 0 bridgehead atoms. The first-order valence-electron chi connectivity index (χ1n) is 6.54. The molecule has 6 nitrogen and oxygen atoms in total. The maximum Gasteiger partial charge on any atom is 0.308 e. The lowest BCUT2D eigenvalue weighted by molar-refractivity contribution is -0.143. The third-order valence-electron chi connectivity index (χ3n) is 3.64. The predicted molar refractivity (Wildman–Crippen MR) is 70.6 cm³/mol. The average Bonchev–Trinajstić information content (AvgIpc) is 2.42. The van der Waals surface area contributed by atoms with Crippen LogP contribution in [-0.4, -0.2) is 33.2 Å². The van der Waals surface area contributed by atoms with E-state index in [1.54, 1.807) is 0 Å². The Morgan fingerprint density at radius 1 is 1.10 bits per heavy atom. The van der Waals surface area contributed by atoms with Crippen LogP contribution in [0.25, 0.3) is 0 Å². The molecular weight excluding hydrogens is 262 g/mol.